The number of carbonyl (C=O) groups is 1. The summed E-state index contributed by atoms with van der Waals surface area (Å²) >= 11 is 0. The number of sulfonamides is 1. The molecule has 2 aliphatic heterocycles. The van der Waals surface area contributed by atoms with E-state index in [1.807, 2.05) is 0 Å². The molecule has 3 rings (SSSR count). The van der Waals surface area contributed by atoms with E-state index in [1.54, 1.807) is 30.3 Å². The fourth-order valence-electron chi connectivity index (χ4n) is 4.30. The summed E-state index contributed by atoms with van der Waals surface area (Å²) in [5, 5.41) is 2.99. The van der Waals surface area contributed by atoms with Crippen LogP contribution in [-0.2, 0) is 14.8 Å². The van der Waals surface area contributed by atoms with E-state index in [4.69, 9.17) is 0 Å². The van der Waals surface area contributed by atoms with E-state index < -0.39 is 16.1 Å². The second-order valence-electron chi connectivity index (χ2n) is 8.21. The highest BCUT2D eigenvalue weighted by molar-refractivity contribution is 7.89. The molecule has 0 bridgehead atoms. The molecule has 7 nitrogen and oxygen atoms in total. The minimum atomic E-state index is -3.65. The predicted octanol–water partition coefficient (Wildman–Crippen LogP) is 1.76. The van der Waals surface area contributed by atoms with Crippen molar-refractivity contribution in [2.45, 2.75) is 50.0 Å². The molecule has 1 N–H and O–H groups in total. The van der Waals surface area contributed by atoms with E-state index in [9.17, 15) is 13.2 Å². The molecule has 1 aromatic rings. The highest BCUT2D eigenvalue weighted by atomic mass is 32.2. The van der Waals surface area contributed by atoms with E-state index in [1.165, 1.54) is 4.31 Å². The maximum Gasteiger partial charge on any atom is 0.243 e. The van der Waals surface area contributed by atoms with Gasteiger partial charge in [0.15, 0.2) is 0 Å². The van der Waals surface area contributed by atoms with Gasteiger partial charge < -0.3 is 15.1 Å². The Balaban J connectivity index is 1.44. The largest absolute Gasteiger partial charge is 0.355 e. The average Bonchev–Trinajstić information content (AvgIpc) is 2.79. The molecule has 0 aromatic heterocycles. The van der Waals surface area contributed by atoms with Gasteiger partial charge in [0.1, 0.15) is 6.04 Å². The summed E-state index contributed by atoms with van der Waals surface area (Å²) in [7, 11) is -3.65. The summed E-state index contributed by atoms with van der Waals surface area (Å²) < 4.78 is 27.5. The van der Waals surface area contributed by atoms with Crippen molar-refractivity contribution < 1.29 is 13.2 Å². The summed E-state index contributed by atoms with van der Waals surface area (Å²) in [5.74, 6) is -0.161. The highest BCUT2D eigenvalue weighted by Crippen LogP contribution is 2.25. The molecule has 8 heteroatoms. The summed E-state index contributed by atoms with van der Waals surface area (Å²) in [4.78, 5) is 18.0. The smallest absolute Gasteiger partial charge is 0.243 e. The molecular formula is C22H36N4O3S. The van der Waals surface area contributed by atoms with Crippen LogP contribution in [0.2, 0.25) is 0 Å². The fourth-order valence-corrected chi connectivity index (χ4v) is 5.98. The molecule has 1 amide bonds. The molecule has 2 fully saturated rings. The van der Waals surface area contributed by atoms with Gasteiger partial charge in [-0.3, -0.25) is 4.79 Å². The number of benzene rings is 1. The third-order valence-electron chi connectivity index (χ3n) is 6.22. The van der Waals surface area contributed by atoms with Crippen LogP contribution in [0.25, 0.3) is 0 Å². The monoisotopic (exact) mass is 436 g/mol. The number of piperazine rings is 1. The van der Waals surface area contributed by atoms with Crippen LogP contribution in [-0.4, -0.2) is 86.8 Å². The normalized spacial score (nSPS) is 22.1. The number of nitrogens with zero attached hydrogens (tertiary/aromatic N) is 3. The molecule has 168 valence electrons. The first-order chi connectivity index (χ1) is 14.5. The van der Waals surface area contributed by atoms with Crippen LogP contribution in [0.15, 0.2) is 35.2 Å². The van der Waals surface area contributed by atoms with E-state index in [2.05, 4.69) is 22.0 Å². The SMILES string of the molecule is CCN1CCN(CCCCNC(=O)C2CCCCN2S(=O)(=O)c2ccccc2)CC1. The maximum atomic E-state index is 13.0. The quantitative estimate of drug-likeness (QED) is 0.597. The number of carbonyl (C=O) groups excluding carboxylic acids is 1. The summed E-state index contributed by atoms with van der Waals surface area (Å²) in [6.07, 6.45) is 4.21. The van der Waals surface area contributed by atoms with Gasteiger partial charge in [-0.2, -0.15) is 4.31 Å². The van der Waals surface area contributed by atoms with Crippen LogP contribution < -0.4 is 5.32 Å². The Bertz CT molecular complexity index is 764. The third kappa shape index (κ3) is 6.03. The zero-order valence-electron chi connectivity index (χ0n) is 18.1. The van der Waals surface area contributed by atoms with Crippen LogP contribution in [0, 0.1) is 0 Å². The second kappa shape index (κ2) is 11.2. The molecule has 0 aliphatic carbocycles. The Morgan fingerprint density at radius 3 is 2.40 bits per heavy atom. The van der Waals surface area contributed by atoms with Gasteiger partial charge in [0.25, 0.3) is 0 Å². The van der Waals surface area contributed by atoms with Crippen molar-refractivity contribution >= 4 is 15.9 Å². The lowest BCUT2D eigenvalue weighted by Gasteiger charge is -2.34. The molecule has 2 heterocycles. The number of likely N-dealkylation sites (N-methyl/N-ethyl adjacent to an activating group) is 1. The van der Waals surface area contributed by atoms with Crippen LogP contribution in [0.1, 0.15) is 39.0 Å². The molecule has 2 aliphatic rings. The van der Waals surface area contributed by atoms with Crippen LogP contribution in [0.5, 0.6) is 0 Å². The molecule has 2 saturated heterocycles. The third-order valence-corrected chi connectivity index (χ3v) is 8.14. The van der Waals surface area contributed by atoms with Gasteiger partial charge in [-0.05, 0) is 50.9 Å². The Labute approximate surface area is 181 Å². The van der Waals surface area contributed by atoms with Crippen molar-refractivity contribution in [3.63, 3.8) is 0 Å². The molecule has 1 unspecified atom stereocenters. The minimum Gasteiger partial charge on any atom is -0.355 e. The van der Waals surface area contributed by atoms with Gasteiger partial charge in [0.05, 0.1) is 4.90 Å². The minimum absolute atomic E-state index is 0.161. The molecule has 1 atom stereocenters. The predicted molar refractivity (Wildman–Crippen MR) is 119 cm³/mol. The van der Waals surface area contributed by atoms with Gasteiger partial charge >= 0.3 is 0 Å². The standard InChI is InChI=1S/C22H36N4O3S/c1-2-24-16-18-25(19-17-24)14-9-7-13-23-22(27)21-12-6-8-15-26(21)30(28,29)20-10-4-3-5-11-20/h3-5,10-11,21H,2,6-9,12-19H2,1H3,(H,23,27). The van der Waals surface area contributed by atoms with E-state index in [0.717, 1.165) is 65.0 Å². The molecule has 0 spiro atoms. The number of piperidine rings is 1. The molecule has 30 heavy (non-hydrogen) atoms. The van der Waals surface area contributed by atoms with E-state index in [-0.39, 0.29) is 10.8 Å². The first-order valence-corrected chi connectivity index (χ1v) is 12.8. The fraction of sp³-hybridized carbons (Fsp3) is 0.682. The van der Waals surface area contributed by atoms with Crippen molar-refractivity contribution in [3.05, 3.63) is 30.3 Å². The van der Waals surface area contributed by atoms with E-state index in [0.29, 0.717) is 19.5 Å². The molecular weight excluding hydrogens is 400 g/mol. The van der Waals surface area contributed by atoms with E-state index >= 15 is 0 Å². The van der Waals surface area contributed by atoms with Crippen molar-refractivity contribution in [1.82, 2.24) is 19.4 Å². The van der Waals surface area contributed by atoms with Gasteiger partial charge in [0.2, 0.25) is 15.9 Å². The Morgan fingerprint density at radius 2 is 1.70 bits per heavy atom. The first-order valence-electron chi connectivity index (χ1n) is 11.3. The Hall–Kier alpha value is -1.48. The second-order valence-corrected chi connectivity index (χ2v) is 10.1. The first kappa shape index (κ1) is 23.2. The average molecular weight is 437 g/mol. The van der Waals surface area contributed by atoms with Crippen LogP contribution in [0.3, 0.4) is 0 Å². The molecule has 0 saturated carbocycles. The summed E-state index contributed by atoms with van der Waals surface area (Å²) in [6, 6.07) is 7.81. The van der Waals surface area contributed by atoms with Crippen molar-refractivity contribution in [1.29, 1.82) is 0 Å². The van der Waals surface area contributed by atoms with Gasteiger partial charge in [-0.15, -0.1) is 0 Å². The highest BCUT2D eigenvalue weighted by Gasteiger charge is 2.37. The lowest BCUT2D eigenvalue weighted by atomic mass is 10.0. The van der Waals surface area contributed by atoms with Crippen molar-refractivity contribution in [2.75, 3.05) is 52.4 Å². The Kier molecular flexibility index (Phi) is 8.68. The lowest BCUT2D eigenvalue weighted by molar-refractivity contribution is -0.125. The van der Waals surface area contributed by atoms with Gasteiger partial charge in [0, 0.05) is 39.3 Å². The number of rotatable bonds is 9. The molecule has 0 radical (unpaired) electrons. The summed E-state index contributed by atoms with van der Waals surface area (Å²) in [6.45, 7) is 9.91. The van der Waals surface area contributed by atoms with Gasteiger partial charge in [-0.25, -0.2) is 8.42 Å². The van der Waals surface area contributed by atoms with Crippen molar-refractivity contribution in [3.8, 4) is 0 Å². The van der Waals surface area contributed by atoms with Crippen molar-refractivity contribution in [2.24, 2.45) is 0 Å². The number of hydrogen-bond acceptors (Lipinski definition) is 5. The zero-order valence-corrected chi connectivity index (χ0v) is 18.9. The lowest BCUT2D eigenvalue weighted by Crippen LogP contribution is -2.52. The zero-order chi connectivity index (χ0) is 21.4. The topological polar surface area (TPSA) is 73.0 Å². The number of amides is 1. The summed E-state index contributed by atoms with van der Waals surface area (Å²) in [5.41, 5.74) is 0. The molecule has 1 aromatic carbocycles. The number of hydrogen-bond donors (Lipinski definition) is 1. The van der Waals surface area contributed by atoms with Crippen LogP contribution >= 0.6 is 0 Å². The Morgan fingerprint density at radius 1 is 1.00 bits per heavy atom. The van der Waals surface area contributed by atoms with Gasteiger partial charge in [-0.1, -0.05) is 31.5 Å². The number of unbranched alkanes of at least 4 members (excludes halogenated alkanes) is 1. The maximum absolute atomic E-state index is 13.0. The number of nitrogens with one attached hydrogen (secondary N) is 1. The van der Waals surface area contributed by atoms with Crippen LogP contribution in [0.4, 0.5) is 0 Å².